The smallest absolute Gasteiger partial charge is 0.138 e. The van der Waals surface area contributed by atoms with Gasteiger partial charge in [0.15, 0.2) is 0 Å². The summed E-state index contributed by atoms with van der Waals surface area (Å²) < 4.78 is 7.72. The third-order valence-corrected chi connectivity index (χ3v) is 5.88. The van der Waals surface area contributed by atoms with Crippen LogP contribution in [-0.4, -0.2) is 11.1 Å². The van der Waals surface area contributed by atoms with Crippen LogP contribution in [0.2, 0.25) is 0 Å². The van der Waals surface area contributed by atoms with Gasteiger partial charge in [0.1, 0.15) is 5.75 Å². The molecule has 1 unspecified atom stereocenters. The average Bonchev–Trinajstić information content (AvgIpc) is 2.70. The van der Waals surface area contributed by atoms with E-state index in [0.29, 0.717) is 0 Å². The molecule has 4 nitrogen and oxygen atoms in total. The van der Waals surface area contributed by atoms with Gasteiger partial charge in [-0.05, 0) is 63.4 Å². The predicted molar refractivity (Wildman–Crippen MR) is 88.9 cm³/mol. The lowest BCUT2D eigenvalue weighted by molar-refractivity contribution is 0.241. The number of nitrogens with two attached hydrogens (primary N) is 1. The number of hydrogen-bond donors (Lipinski definition) is 2. The Hall–Kier alpha value is -0.470. The third-order valence-electron chi connectivity index (χ3n) is 2.55. The highest BCUT2D eigenvalue weighted by Crippen LogP contribution is 2.37. The van der Waals surface area contributed by atoms with Crippen LogP contribution in [0.4, 0.5) is 0 Å². The lowest BCUT2D eigenvalue weighted by Crippen LogP contribution is -2.28. The highest BCUT2D eigenvalue weighted by atomic mass is 79.9. The molecule has 2 rings (SSSR count). The number of rotatable bonds is 5. The van der Waals surface area contributed by atoms with Gasteiger partial charge in [-0.2, -0.15) is 0 Å². The number of nitrogens with one attached hydrogen (secondary N) is 1. The minimum absolute atomic E-state index is 0.112. The molecule has 0 bridgehead atoms. The molecule has 0 saturated heterocycles. The van der Waals surface area contributed by atoms with Crippen molar-refractivity contribution < 1.29 is 4.74 Å². The van der Waals surface area contributed by atoms with Crippen molar-refractivity contribution in [2.45, 2.75) is 26.0 Å². The third kappa shape index (κ3) is 3.79. The van der Waals surface area contributed by atoms with Crippen LogP contribution in [0.3, 0.4) is 0 Å². The van der Waals surface area contributed by atoms with Crippen LogP contribution in [0.1, 0.15) is 30.3 Å². The summed E-state index contributed by atoms with van der Waals surface area (Å²) >= 11 is 8.60. The summed E-state index contributed by atoms with van der Waals surface area (Å²) in [5, 5.41) is 0. The number of aromatic nitrogens is 1. The minimum Gasteiger partial charge on any atom is -0.489 e. The first-order valence-electron chi connectivity index (χ1n) is 6.03. The molecule has 0 amide bonds. The molecule has 3 N–H and O–H groups in total. The molecule has 2 aromatic heterocycles. The summed E-state index contributed by atoms with van der Waals surface area (Å²) in [6.07, 6.45) is 3.61. The van der Waals surface area contributed by atoms with Gasteiger partial charge in [0.25, 0.3) is 0 Å². The molecule has 2 aromatic rings. The molecule has 0 aliphatic heterocycles. The van der Waals surface area contributed by atoms with E-state index in [1.165, 1.54) is 0 Å². The lowest BCUT2D eigenvalue weighted by atomic mass is 10.1. The fraction of sp³-hybridized carbons (Fsp3) is 0.308. The van der Waals surface area contributed by atoms with Gasteiger partial charge in [-0.15, -0.1) is 11.3 Å². The number of thiophene rings is 1. The zero-order valence-corrected chi connectivity index (χ0v) is 15.0. The van der Waals surface area contributed by atoms with Gasteiger partial charge in [0.2, 0.25) is 0 Å². The van der Waals surface area contributed by atoms with E-state index in [1.807, 2.05) is 26.0 Å². The first-order chi connectivity index (χ1) is 9.51. The summed E-state index contributed by atoms with van der Waals surface area (Å²) in [7, 11) is 0. The maximum Gasteiger partial charge on any atom is 0.138 e. The molecule has 20 heavy (non-hydrogen) atoms. The van der Waals surface area contributed by atoms with Gasteiger partial charge >= 0.3 is 0 Å². The van der Waals surface area contributed by atoms with Gasteiger partial charge < -0.3 is 4.74 Å². The van der Waals surface area contributed by atoms with Crippen LogP contribution in [0.15, 0.2) is 32.8 Å². The largest absolute Gasteiger partial charge is 0.489 e. The van der Waals surface area contributed by atoms with Gasteiger partial charge in [-0.1, -0.05) is 0 Å². The van der Waals surface area contributed by atoms with E-state index in [0.717, 1.165) is 24.4 Å². The van der Waals surface area contributed by atoms with Crippen molar-refractivity contribution in [2.75, 3.05) is 0 Å². The predicted octanol–water partition coefficient (Wildman–Crippen LogP) is 4.01. The van der Waals surface area contributed by atoms with Crippen LogP contribution >= 0.6 is 43.2 Å². The Bertz CT molecular complexity index is 569. The SMILES string of the molecule is CC(C)Oc1cncc(C(NN)c2cc(Br)c(Br)s2)c1. The zero-order valence-electron chi connectivity index (χ0n) is 11.1. The number of halogens is 2. The number of hydrazine groups is 1. The van der Waals surface area contributed by atoms with Crippen molar-refractivity contribution in [1.82, 2.24) is 10.4 Å². The number of nitrogens with zero attached hydrogens (tertiary/aromatic N) is 1. The van der Waals surface area contributed by atoms with Crippen LogP contribution in [-0.2, 0) is 0 Å². The summed E-state index contributed by atoms with van der Waals surface area (Å²) in [5.41, 5.74) is 3.79. The second-order valence-corrected chi connectivity index (χ2v) is 7.75. The first kappa shape index (κ1) is 15.9. The number of hydrogen-bond acceptors (Lipinski definition) is 5. The van der Waals surface area contributed by atoms with E-state index in [1.54, 1.807) is 23.7 Å². The molecule has 0 aliphatic carbocycles. The van der Waals surface area contributed by atoms with E-state index in [9.17, 15) is 0 Å². The summed E-state index contributed by atoms with van der Waals surface area (Å²) in [6, 6.07) is 3.87. The Morgan fingerprint density at radius 2 is 2.05 bits per heavy atom. The molecule has 0 fully saturated rings. The Kier molecular flexibility index (Phi) is 5.57. The average molecular weight is 421 g/mol. The molecule has 0 saturated carbocycles. The molecule has 0 aromatic carbocycles. The molecule has 1 atom stereocenters. The molecule has 2 heterocycles. The lowest BCUT2D eigenvalue weighted by Gasteiger charge is -2.16. The van der Waals surface area contributed by atoms with Crippen molar-refractivity contribution in [3.8, 4) is 5.75 Å². The molecule has 0 radical (unpaired) electrons. The maximum atomic E-state index is 5.70. The van der Waals surface area contributed by atoms with Gasteiger partial charge in [-0.25, -0.2) is 5.43 Å². The maximum absolute atomic E-state index is 5.70. The minimum atomic E-state index is -0.120. The Labute approximate surface area is 139 Å². The highest BCUT2D eigenvalue weighted by Gasteiger charge is 2.17. The van der Waals surface area contributed by atoms with Crippen molar-refractivity contribution in [3.63, 3.8) is 0 Å². The quantitative estimate of drug-likeness (QED) is 0.566. The van der Waals surface area contributed by atoms with E-state index in [-0.39, 0.29) is 12.1 Å². The second kappa shape index (κ2) is 7.00. The second-order valence-electron chi connectivity index (χ2n) is 4.49. The molecule has 0 spiro atoms. The van der Waals surface area contributed by atoms with Crippen LogP contribution in [0, 0.1) is 0 Å². The van der Waals surface area contributed by atoms with E-state index in [2.05, 4.69) is 42.3 Å². The van der Waals surface area contributed by atoms with Gasteiger partial charge in [0.05, 0.1) is 22.1 Å². The summed E-state index contributed by atoms with van der Waals surface area (Å²) in [5.74, 6) is 6.45. The van der Waals surface area contributed by atoms with Crippen molar-refractivity contribution in [3.05, 3.63) is 43.2 Å². The van der Waals surface area contributed by atoms with E-state index >= 15 is 0 Å². The van der Waals surface area contributed by atoms with Crippen molar-refractivity contribution in [2.24, 2.45) is 5.84 Å². The van der Waals surface area contributed by atoms with Crippen LogP contribution in [0.25, 0.3) is 0 Å². The zero-order chi connectivity index (χ0) is 14.7. The first-order valence-corrected chi connectivity index (χ1v) is 8.44. The van der Waals surface area contributed by atoms with Gasteiger partial charge in [0, 0.05) is 15.5 Å². The fourth-order valence-electron chi connectivity index (χ4n) is 1.78. The molecular formula is C13H15Br2N3OS. The summed E-state index contributed by atoms with van der Waals surface area (Å²) in [6.45, 7) is 3.97. The van der Waals surface area contributed by atoms with E-state index in [4.69, 9.17) is 10.6 Å². The number of ether oxygens (including phenoxy) is 1. The van der Waals surface area contributed by atoms with Crippen molar-refractivity contribution >= 4 is 43.2 Å². The van der Waals surface area contributed by atoms with E-state index < -0.39 is 0 Å². The van der Waals surface area contributed by atoms with Crippen LogP contribution in [0.5, 0.6) is 5.75 Å². The normalized spacial score (nSPS) is 12.7. The molecule has 108 valence electrons. The number of pyridine rings is 1. The van der Waals surface area contributed by atoms with Gasteiger partial charge in [-0.3, -0.25) is 10.8 Å². The Balaban J connectivity index is 2.31. The molecule has 7 heteroatoms. The fourth-order valence-corrected chi connectivity index (χ4v) is 3.96. The molecular weight excluding hydrogens is 406 g/mol. The highest BCUT2D eigenvalue weighted by molar-refractivity contribution is 9.13. The van der Waals surface area contributed by atoms with Crippen LogP contribution < -0.4 is 16.0 Å². The standard InChI is InChI=1S/C13H15Br2N3OS/c1-7(2)19-9-3-8(5-17-6-9)12(18-16)11-4-10(14)13(15)20-11/h3-7,12,18H,16H2,1-2H3. The summed E-state index contributed by atoms with van der Waals surface area (Å²) in [4.78, 5) is 5.31. The monoisotopic (exact) mass is 419 g/mol. The Morgan fingerprint density at radius 1 is 1.30 bits per heavy atom. The topological polar surface area (TPSA) is 60.2 Å². The molecule has 0 aliphatic rings. The van der Waals surface area contributed by atoms with Crippen molar-refractivity contribution in [1.29, 1.82) is 0 Å². The Morgan fingerprint density at radius 3 is 2.60 bits per heavy atom.